The Morgan fingerprint density at radius 2 is 1.56 bits per heavy atom. The van der Waals surface area contributed by atoms with E-state index in [1.54, 1.807) is 13.8 Å². The second-order valence-corrected chi connectivity index (χ2v) is 8.69. The van der Waals surface area contributed by atoms with E-state index < -0.39 is 53.8 Å². The molecule has 11 nitrogen and oxygen atoms in total. The van der Waals surface area contributed by atoms with Crippen molar-refractivity contribution in [2.24, 2.45) is 11.7 Å². The van der Waals surface area contributed by atoms with E-state index in [1.165, 1.54) is 11.8 Å². The van der Waals surface area contributed by atoms with Crippen LogP contribution < -0.4 is 21.7 Å². The number of thiol groups is 1. The Labute approximate surface area is 197 Å². The number of carboxylic acid groups (broad SMARTS) is 2. The van der Waals surface area contributed by atoms with Crippen LogP contribution in [0.2, 0.25) is 0 Å². The van der Waals surface area contributed by atoms with Crippen molar-refractivity contribution in [3.05, 3.63) is 0 Å². The summed E-state index contributed by atoms with van der Waals surface area (Å²) in [4.78, 5) is 60.1. The lowest BCUT2D eigenvalue weighted by Gasteiger charge is -2.27. The van der Waals surface area contributed by atoms with Crippen molar-refractivity contribution in [1.82, 2.24) is 16.0 Å². The van der Waals surface area contributed by atoms with E-state index in [0.717, 1.165) is 0 Å². The van der Waals surface area contributed by atoms with Crippen LogP contribution in [-0.2, 0) is 24.0 Å². The highest BCUT2D eigenvalue weighted by molar-refractivity contribution is 7.98. The second kappa shape index (κ2) is 15.8. The number of carboxylic acids is 2. The van der Waals surface area contributed by atoms with Gasteiger partial charge in [-0.3, -0.25) is 19.2 Å². The Balaban J connectivity index is 5.48. The Hall–Kier alpha value is -1.99. The fourth-order valence-corrected chi connectivity index (χ4v) is 3.33. The topological polar surface area (TPSA) is 188 Å². The molecule has 0 saturated heterocycles. The van der Waals surface area contributed by atoms with Gasteiger partial charge < -0.3 is 31.9 Å². The molecule has 13 heteroatoms. The predicted octanol–water partition coefficient (Wildman–Crippen LogP) is -0.553. The predicted molar refractivity (Wildman–Crippen MR) is 125 cm³/mol. The molecule has 3 amide bonds. The highest BCUT2D eigenvalue weighted by Gasteiger charge is 2.32. The molecule has 7 N–H and O–H groups in total. The van der Waals surface area contributed by atoms with Crippen LogP contribution in [0.25, 0.3) is 0 Å². The van der Waals surface area contributed by atoms with E-state index in [0.29, 0.717) is 18.6 Å². The SMILES string of the molecule is CCC(C)C(NC(=O)C(CCC(=O)O)NC(=O)C(N)CCSC)C(=O)NC(CS)C(=O)O. The minimum absolute atomic E-state index is 0.145. The summed E-state index contributed by atoms with van der Waals surface area (Å²) < 4.78 is 0. The number of hydrogen-bond donors (Lipinski definition) is 7. The normalized spacial score (nSPS) is 15.5. The number of nitrogens with one attached hydrogen (secondary N) is 3. The molecule has 0 aromatic heterocycles. The Bertz CT molecular complexity index is 666. The second-order valence-electron chi connectivity index (χ2n) is 7.34. The third kappa shape index (κ3) is 11.0. The van der Waals surface area contributed by atoms with E-state index in [4.69, 9.17) is 15.9 Å². The first-order valence-corrected chi connectivity index (χ1v) is 12.2. The average Bonchev–Trinajstić information content (AvgIpc) is 2.75. The molecule has 0 saturated carbocycles. The standard InChI is InChI=1S/C19H34N4O7S2/c1-4-10(2)15(18(28)22-13(9-31)19(29)30)23-17(27)12(5-6-14(24)25)21-16(26)11(20)7-8-32-3/h10-13,15,31H,4-9,20H2,1-3H3,(H,21,26)(H,22,28)(H,23,27)(H,24,25)(H,29,30). The summed E-state index contributed by atoms with van der Waals surface area (Å²) >= 11 is 5.41. The van der Waals surface area contributed by atoms with Gasteiger partial charge in [-0.1, -0.05) is 20.3 Å². The fourth-order valence-electron chi connectivity index (χ4n) is 2.59. The minimum Gasteiger partial charge on any atom is -0.481 e. The first-order valence-electron chi connectivity index (χ1n) is 10.2. The first-order chi connectivity index (χ1) is 15.0. The monoisotopic (exact) mass is 494 g/mol. The highest BCUT2D eigenvalue weighted by Crippen LogP contribution is 2.10. The number of carbonyl (C=O) groups is 5. The molecule has 0 aliphatic rings. The summed E-state index contributed by atoms with van der Waals surface area (Å²) in [6, 6.07) is -4.43. The van der Waals surface area contributed by atoms with E-state index in [-0.39, 0.29) is 24.5 Å². The Kier molecular flexibility index (Phi) is 14.8. The van der Waals surface area contributed by atoms with Crippen LogP contribution in [0.15, 0.2) is 0 Å². The van der Waals surface area contributed by atoms with Crippen molar-refractivity contribution < 1.29 is 34.2 Å². The molecule has 0 fully saturated rings. The molecule has 32 heavy (non-hydrogen) atoms. The van der Waals surface area contributed by atoms with Crippen molar-refractivity contribution in [1.29, 1.82) is 0 Å². The average molecular weight is 495 g/mol. The quantitative estimate of drug-likeness (QED) is 0.138. The van der Waals surface area contributed by atoms with E-state index >= 15 is 0 Å². The van der Waals surface area contributed by atoms with Crippen LogP contribution in [0.5, 0.6) is 0 Å². The molecule has 0 heterocycles. The third-order valence-electron chi connectivity index (χ3n) is 4.84. The number of carbonyl (C=O) groups excluding carboxylic acids is 3. The molecule has 0 aromatic rings. The number of aliphatic carboxylic acids is 2. The molecular formula is C19H34N4O7S2. The minimum atomic E-state index is -1.27. The van der Waals surface area contributed by atoms with Gasteiger partial charge in [-0.15, -0.1) is 0 Å². The van der Waals surface area contributed by atoms with Gasteiger partial charge in [0.2, 0.25) is 17.7 Å². The summed E-state index contributed by atoms with van der Waals surface area (Å²) in [5, 5.41) is 25.4. The van der Waals surface area contributed by atoms with E-state index in [2.05, 4.69) is 28.6 Å². The summed E-state index contributed by atoms with van der Waals surface area (Å²) in [5.41, 5.74) is 5.83. The van der Waals surface area contributed by atoms with Gasteiger partial charge in [0.25, 0.3) is 0 Å². The van der Waals surface area contributed by atoms with Crippen LogP contribution in [-0.4, -0.2) is 81.8 Å². The summed E-state index contributed by atoms with van der Waals surface area (Å²) in [6.45, 7) is 3.49. The van der Waals surface area contributed by atoms with Crippen molar-refractivity contribution in [3.63, 3.8) is 0 Å². The molecule has 5 atom stereocenters. The molecule has 5 unspecified atom stereocenters. The number of thioether (sulfide) groups is 1. The van der Waals surface area contributed by atoms with Crippen molar-refractivity contribution in [3.8, 4) is 0 Å². The lowest BCUT2D eigenvalue weighted by molar-refractivity contribution is -0.142. The van der Waals surface area contributed by atoms with Crippen LogP contribution in [0.4, 0.5) is 0 Å². The van der Waals surface area contributed by atoms with Crippen LogP contribution >= 0.6 is 24.4 Å². The van der Waals surface area contributed by atoms with Gasteiger partial charge in [0.05, 0.1) is 6.04 Å². The largest absolute Gasteiger partial charge is 0.481 e. The maximum atomic E-state index is 12.9. The number of rotatable bonds is 16. The Morgan fingerprint density at radius 3 is 2.03 bits per heavy atom. The number of amides is 3. The Morgan fingerprint density at radius 1 is 0.969 bits per heavy atom. The van der Waals surface area contributed by atoms with Gasteiger partial charge in [0.1, 0.15) is 18.1 Å². The molecule has 0 aliphatic heterocycles. The van der Waals surface area contributed by atoms with Gasteiger partial charge in [-0.05, 0) is 30.8 Å². The lowest BCUT2D eigenvalue weighted by atomic mass is 9.97. The molecule has 0 radical (unpaired) electrons. The molecule has 0 aliphatic carbocycles. The van der Waals surface area contributed by atoms with Crippen LogP contribution in [0.1, 0.15) is 39.5 Å². The highest BCUT2D eigenvalue weighted by atomic mass is 32.2. The lowest BCUT2D eigenvalue weighted by Crippen LogP contribution is -2.59. The van der Waals surface area contributed by atoms with Gasteiger partial charge in [-0.25, -0.2) is 4.79 Å². The van der Waals surface area contributed by atoms with Gasteiger partial charge in [-0.2, -0.15) is 24.4 Å². The zero-order valence-corrected chi connectivity index (χ0v) is 20.2. The molecule has 0 aromatic carbocycles. The molecular weight excluding hydrogens is 460 g/mol. The molecule has 0 spiro atoms. The van der Waals surface area contributed by atoms with Gasteiger partial charge >= 0.3 is 11.9 Å². The van der Waals surface area contributed by atoms with Crippen molar-refractivity contribution >= 4 is 54.1 Å². The van der Waals surface area contributed by atoms with Crippen LogP contribution in [0.3, 0.4) is 0 Å². The molecule has 0 bridgehead atoms. The zero-order valence-electron chi connectivity index (χ0n) is 18.5. The first kappa shape index (κ1) is 30.0. The summed E-state index contributed by atoms with van der Waals surface area (Å²) in [6.07, 6.45) is 2.13. The van der Waals surface area contributed by atoms with E-state index in [9.17, 15) is 24.0 Å². The van der Waals surface area contributed by atoms with E-state index in [1.807, 2.05) is 6.26 Å². The molecule has 184 valence electrons. The summed E-state index contributed by atoms with van der Waals surface area (Å²) in [5.74, 6) is -4.38. The maximum absolute atomic E-state index is 12.9. The number of hydrogen-bond acceptors (Lipinski definition) is 8. The fraction of sp³-hybridized carbons (Fsp3) is 0.737. The van der Waals surface area contributed by atoms with Crippen molar-refractivity contribution in [2.45, 2.75) is 63.7 Å². The number of nitrogens with two attached hydrogens (primary N) is 1. The summed E-state index contributed by atoms with van der Waals surface area (Å²) in [7, 11) is 0. The van der Waals surface area contributed by atoms with Gasteiger partial charge in [0.15, 0.2) is 0 Å². The van der Waals surface area contributed by atoms with Gasteiger partial charge in [0, 0.05) is 12.2 Å². The maximum Gasteiger partial charge on any atom is 0.327 e. The van der Waals surface area contributed by atoms with Crippen molar-refractivity contribution in [2.75, 3.05) is 17.8 Å². The smallest absolute Gasteiger partial charge is 0.327 e. The zero-order chi connectivity index (χ0) is 24.8. The third-order valence-corrected chi connectivity index (χ3v) is 5.85. The van der Waals surface area contributed by atoms with Crippen LogP contribution in [0, 0.1) is 5.92 Å². The molecule has 0 rings (SSSR count).